The molecule has 0 aliphatic heterocycles. The molecule has 0 aromatic rings. The minimum atomic E-state index is -0.474. The molecule has 2 N–H and O–H groups in total. The lowest BCUT2D eigenvalue weighted by molar-refractivity contribution is 0.00798. The van der Waals surface area contributed by atoms with E-state index in [4.69, 9.17) is 10.6 Å². The van der Waals surface area contributed by atoms with Gasteiger partial charge in [0.25, 0.3) is 0 Å². The van der Waals surface area contributed by atoms with Crippen LogP contribution >= 0.6 is 12.4 Å². The van der Waals surface area contributed by atoms with Crippen molar-refractivity contribution in [2.75, 3.05) is 13.6 Å². The summed E-state index contributed by atoms with van der Waals surface area (Å²) in [4.78, 5) is 17.4. The summed E-state index contributed by atoms with van der Waals surface area (Å²) in [6.07, 6.45) is -0.575. The maximum atomic E-state index is 11.4. The van der Waals surface area contributed by atoms with E-state index in [2.05, 4.69) is 4.84 Å². The van der Waals surface area contributed by atoms with E-state index in [-0.39, 0.29) is 24.6 Å². The van der Waals surface area contributed by atoms with Gasteiger partial charge < -0.3 is 9.64 Å². The molecule has 0 fully saturated rings. The van der Waals surface area contributed by atoms with Gasteiger partial charge in [0.2, 0.25) is 0 Å². The highest BCUT2D eigenvalue weighted by Crippen LogP contribution is 2.09. The molecule has 0 aliphatic carbocycles. The van der Waals surface area contributed by atoms with Gasteiger partial charge in [-0.05, 0) is 27.7 Å². The third kappa shape index (κ3) is 8.47. The first-order valence-electron chi connectivity index (χ1n) is 4.56. The van der Waals surface area contributed by atoms with E-state index < -0.39 is 5.60 Å². The summed E-state index contributed by atoms with van der Waals surface area (Å²) in [5.41, 5.74) is -0.474. The Hall–Kier alpha value is -0.520. The third-order valence-corrected chi connectivity index (χ3v) is 1.47. The summed E-state index contributed by atoms with van der Waals surface area (Å²) >= 11 is 0. The van der Waals surface area contributed by atoms with Crippen LogP contribution in [0.5, 0.6) is 0 Å². The van der Waals surface area contributed by atoms with Crippen molar-refractivity contribution >= 4 is 18.5 Å². The lowest BCUT2D eigenvalue weighted by atomic mass is 10.2. The Labute approximate surface area is 97.3 Å². The van der Waals surface area contributed by atoms with Crippen molar-refractivity contribution in [3.8, 4) is 0 Å². The fourth-order valence-electron chi connectivity index (χ4n) is 0.843. The van der Waals surface area contributed by atoms with Crippen molar-refractivity contribution < 1.29 is 14.4 Å². The van der Waals surface area contributed by atoms with Gasteiger partial charge in [0.1, 0.15) is 5.60 Å². The van der Waals surface area contributed by atoms with Crippen LogP contribution in [0.4, 0.5) is 4.79 Å². The number of nitrogens with zero attached hydrogens (tertiary/aromatic N) is 1. The van der Waals surface area contributed by atoms with Gasteiger partial charge in [0, 0.05) is 7.05 Å². The molecule has 92 valence electrons. The van der Waals surface area contributed by atoms with Crippen molar-refractivity contribution in [2.45, 2.75) is 39.4 Å². The number of carbonyl (C=O) groups excluding carboxylic acids is 1. The predicted molar refractivity (Wildman–Crippen MR) is 60.8 cm³/mol. The minimum Gasteiger partial charge on any atom is -0.444 e. The van der Waals surface area contributed by atoms with E-state index >= 15 is 0 Å². The Bertz CT molecular complexity index is 194. The van der Waals surface area contributed by atoms with Crippen molar-refractivity contribution in [3.63, 3.8) is 0 Å². The summed E-state index contributed by atoms with van der Waals surface area (Å²) in [7, 11) is 1.64. The molecule has 0 rings (SSSR count). The van der Waals surface area contributed by atoms with Crippen molar-refractivity contribution in [2.24, 2.45) is 5.90 Å². The molecule has 0 aromatic heterocycles. The van der Waals surface area contributed by atoms with Gasteiger partial charge in [-0.3, -0.25) is 4.84 Å². The molecular formula is C9H21ClN2O3. The summed E-state index contributed by atoms with van der Waals surface area (Å²) in [5.74, 6) is 4.97. The highest BCUT2D eigenvalue weighted by Gasteiger charge is 2.20. The van der Waals surface area contributed by atoms with E-state index in [0.717, 1.165) is 0 Å². The van der Waals surface area contributed by atoms with Gasteiger partial charge in [-0.1, -0.05) is 0 Å². The SMILES string of the molecule is CC(CN(C)C(=O)OC(C)(C)C)ON.Cl. The molecule has 0 saturated carbocycles. The number of likely N-dealkylation sites (N-methyl/N-ethyl adjacent to an activating group) is 1. The number of rotatable bonds is 3. The highest BCUT2D eigenvalue weighted by molar-refractivity contribution is 5.85. The summed E-state index contributed by atoms with van der Waals surface area (Å²) < 4.78 is 5.14. The van der Waals surface area contributed by atoms with Gasteiger partial charge in [0.15, 0.2) is 0 Å². The van der Waals surface area contributed by atoms with E-state index in [0.29, 0.717) is 6.54 Å². The molecule has 0 heterocycles. The number of amides is 1. The molecule has 0 aromatic carbocycles. The number of hydrogen-bond donors (Lipinski definition) is 1. The van der Waals surface area contributed by atoms with E-state index in [1.165, 1.54) is 4.90 Å². The van der Waals surface area contributed by atoms with E-state index in [1.54, 1.807) is 14.0 Å². The quantitative estimate of drug-likeness (QED) is 0.761. The van der Waals surface area contributed by atoms with Crippen LogP contribution in [0.1, 0.15) is 27.7 Å². The maximum absolute atomic E-state index is 11.4. The zero-order valence-corrected chi connectivity index (χ0v) is 10.8. The van der Waals surface area contributed by atoms with Crippen LogP contribution in [0.15, 0.2) is 0 Å². The molecule has 15 heavy (non-hydrogen) atoms. The zero-order valence-electron chi connectivity index (χ0n) is 9.94. The van der Waals surface area contributed by atoms with Crippen molar-refractivity contribution in [1.82, 2.24) is 4.90 Å². The molecule has 0 saturated heterocycles. The number of hydrogen-bond acceptors (Lipinski definition) is 4. The molecule has 5 nitrogen and oxygen atoms in total. The fourth-order valence-corrected chi connectivity index (χ4v) is 0.843. The number of halogens is 1. The molecule has 1 unspecified atom stereocenters. The van der Waals surface area contributed by atoms with Crippen LogP contribution < -0.4 is 5.90 Å². The average molecular weight is 241 g/mol. The van der Waals surface area contributed by atoms with Crippen molar-refractivity contribution in [1.29, 1.82) is 0 Å². The number of nitrogens with two attached hydrogens (primary N) is 1. The molecule has 6 heteroatoms. The first-order valence-corrected chi connectivity index (χ1v) is 4.56. The third-order valence-electron chi connectivity index (χ3n) is 1.47. The van der Waals surface area contributed by atoms with Crippen LogP contribution in [0.25, 0.3) is 0 Å². The molecule has 0 spiro atoms. The standard InChI is InChI=1S/C9H20N2O3.ClH/c1-7(14-10)6-11(5)8(12)13-9(2,3)4;/h7H,6,10H2,1-5H3;1H. The number of ether oxygens (including phenoxy) is 1. The first kappa shape index (κ1) is 16.9. The summed E-state index contributed by atoms with van der Waals surface area (Å²) in [6, 6.07) is 0. The summed E-state index contributed by atoms with van der Waals surface area (Å²) in [5, 5.41) is 0. The average Bonchev–Trinajstić information content (AvgIpc) is 2.00. The topological polar surface area (TPSA) is 64.8 Å². The van der Waals surface area contributed by atoms with Crippen LogP contribution in [0.2, 0.25) is 0 Å². The number of carbonyl (C=O) groups is 1. The van der Waals surface area contributed by atoms with Gasteiger partial charge >= 0.3 is 6.09 Å². The van der Waals surface area contributed by atoms with E-state index in [9.17, 15) is 4.79 Å². The van der Waals surface area contributed by atoms with Gasteiger partial charge in [-0.25, -0.2) is 10.7 Å². The van der Waals surface area contributed by atoms with Crippen LogP contribution in [-0.2, 0) is 9.57 Å². The Morgan fingerprint density at radius 1 is 1.47 bits per heavy atom. The fraction of sp³-hybridized carbons (Fsp3) is 0.889. The lowest BCUT2D eigenvalue weighted by Gasteiger charge is -2.25. The second-order valence-electron chi connectivity index (χ2n) is 4.31. The van der Waals surface area contributed by atoms with Crippen LogP contribution in [0.3, 0.4) is 0 Å². The largest absolute Gasteiger partial charge is 0.444 e. The maximum Gasteiger partial charge on any atom is 0.410 e. The molecule has 0 aliphatic rings. The van der Waals surface area contributed by atoms with Crippen molar-refractivity contribution in [3.05, 3.63) is 0 Å². The van der Waals surface area contributed by atoms with Gasteiger partial charge in [-0.2, -0.15) is 0 Å². The predicted octanol–water partition coefficient (Wildman–Crippen LogP) is 1.55. The molecular weight excluding hydrogens is 220 g/mol. The second-order valence-corrected chi connectivity index (χ2v) is 4.31. The van der Waals surface area contributed by atoms with E-state index in [1.807, 2.05) is 20.8 Å². The molecule has 1 amide bonds. The Morgan fingerprint density at radius 3 is 2.27 bits per heavy atom. The summed E-state index contributed by atoms with van der Waals surface area (Å²) in [6.45, 7) is 7.65. The Kier molecular flexibility index (Phi) is 7.74. The lowest BCUT2D eigenvalue weighted by Crippen LogP contribution is -2.39. The minimum absolute atomic E-state index is 0. The van der Waals surface area contributed by atoms with Crippen LogP contribution in [0, 0.1) is 0 Å². The smallest absolute Gasteiger partial charge is 0.410 e. The molecule has 0 radical (unpaired) electrons. The monoisotopic (exact) mass is 240 g/mol. The first-order chi connectivity index (χ1) is 6.26. The normalized spacial score (nSPS) is 12.7. The molecule has 0 bridgehead atoms. The Balaban J connectivity index is 0. The van der Waals surface area contributed by atoms with Gasteiger partial charge in [-0.15, -0.1) is 12.4 Å². The highest BCUT2D eigenvalue weighted by atomic mass is 35.5. The molecule has 1 atom stereocenters. The Morgan fingerprint density at radius 2 is 1.93 bits per heavy atom. The van der Waals surface area contributed by atoms with Crippen LogP contribution in [-0.4, -0.2) is 36.3 Å². The van der Waals surface area contributed by atoms with Gasteiger partial charge in [0.05, 0.1) is 12.6 Å². The second kappa shape index (κ2) is 6.87. The zero-order chi connectivity index (χ0) is 11.4.